The van der Waals surface area contributed by atoms with Crippen molar-refractivity contribution in [2.75, 3.05) is 4.90 Å². The van der Waals surface area contributed by atoms with Gasteiger partial charge in [0.2, 0.25) is 0 Å². The van der Waals surface area contributed by atoms with E-state index in [0.717, 1.165) is 5.69 Å². The Morgan fingerprint density at radius 2 is 0.950 bits per heavy atom. The number of hydrogen-bond acceptors (Lipinski definition) is 2. The van der Waals surface area contributed by atoms with E-state index in [1.54, 1.807) is 0 Å². The molecule has 0 saturated carbocycles. The minimum absolute atomic E-state index is 0.115. The van der Waals surface area contributed by atoms with E-state index >= 15 is 0 Å². The van der Waals surface area contributed by atoms with E-state index in [0.29, 0.717) is 0 Å². The predicted octanol–water partition coefficient (Wildman–Crippen LogP) is 15.8. The molecule has 3 aliphatic rings. The summed E-state index contributed by atoms with van der Waals surface area (Å²) in [6.07, 6.45) is 0. The van der Waals surface area contributed by atoms with Crippen molar-refractivity contribution in [2.24, 2.45) is 0 Å². The molecule has 10 aromatic rings. The lowest BCUT2D eigenvalue weighted by Crippen LogP contribution is -2.25. The third-order valence-electron chi connectivity index (χ3n) is 13.9. The summed E-state index contributed by atoms with van der Waals surface area (Å²) in [5.74, 6) is 0. The molecule has 0 bridgehead atoms. The van der Waals surface area contributed by atoms with Gasteiger partial charge in [0.15, 0.2) is 0 Å². The highest BCUT2D eigenvalue weighted by Crippen LogP contribution is 2.65. The molecule has 1 aromatic heterocycles. The Hall–Kier alpha value is -7.00. The van der Waals surface area contributed by atoms with Crippen LogP contribution in [0.15, 0.2) is 200 Å². The van der Waals surface area contributed by atoms with Crippen molar-refractivity contribution in [3.8, 4) is 44.5 Å². The molecule has 60 heavy (non-hydrogen) atoms. The van der Waals surface area contributed by atoms with Gasteiger partial charge in [-0.1, -0.05) is 178 Å². The summed E-state index contributed by atoms with van der Waals surface area (Å²) < 4.78 is 2.61. The van der Waals surface area contributed by atoms with Crippen LogP contribution in [0.25, 0.3) is 64.7 Å². The maximum absolute atomic E-state index is 2.50. The van der Waals surface area contributed by atoms with Crippen LogP contribution < -0.4 is 4.90 Å². The van der Waals surface area contributed by atoms with Crippen molar-refractivity contribution in [1.29, 1.82) is 0 Å². The molecule has 2 heteroatoms. The van der Waals surface area contributed by atoms with Gasteiger partial charge in [0.1, 0.15) is 0 Å². The molecule has 0 unspecified atom stereocenters. The minimum atomic E-state index is -0.374. The van der Waals surface area contributed by atoms with E-state index in [-0.39, 0.29) is 10.8 Å². The smallest absolute Gasteiger partial charge is 0.0725 e. The largest absolute Gasteiger partial charge is 0.309 e. The first-order valence-corrected chi connectivity index (χ1v) is 21.8. The maximum atomic E-state index is 2.50. The van der Waals surface area contributed by atoms with Gasteiger partial charge >= 0.3 is 0 Å². The van der Waals surface area contributed by atoms with Crippen molar-refractivity contribution >= 4 is 48.6 Å². The van der Waals surface area contributed by atoms with Gasteiger partial charge in [-0.05, 0) is 114 Å². The fourth-order valence-electron chi connectivity index (χ4n) is 11.3. The molecule has 0 fully saturated rings. The first-order chi connectivity index (χ1) is 29.5. The quantitative estimate of drug-likeness (QED) is 0.172. The zero-order valence-electron chi connectivity index (χ0n) is 33.4. The lowest BCUT2D eigenvalue weighted by atomic mass is 9.70. The average Bonchev–Trinajstić information content (AvgIpc) is 4.00. The Balaban J connectivity index is 1.06. The number of anilines is 3. The van der Waals surface area contributed by atoms with Gasteiger partial charge in [0.05, 0.1) is 15.8 Å². The van der Waals surface area contributed by atoms with Crippen LogP contribution in [0.1, 0.15) is 47.2 Å². The molecule has 0 atom stereocenters. The lowest BCUT2D eigenvalue weighted by molar-refractivity contribution is 0.660. The number of nitrogens with zero attached hydrogens (tertiary/aromatic N) is 1. The molecule has 9 aromatic carbocycles. The number of benzene rings is 9. The summed E-state index contributed by atoms with van der Waals surface area (Å²) in [7, 11) is 0. The lowest BCUT2D eigenvalue weighted by Gasteiger charge is -2.30. The van der Waals surface area contributed by atoms with Gasteiger partial charge in [-0.25, -0.2) is 0 Å². The number of hydrogen-bond donors (Lipinski definition) is 0. The van der Waals surface area contributed by atoms with E-state index in [1.165, 1.54) is 109 Å². The van der Waals surface area contributed by atoms with E-state index < -0.39 is 0 Å². The fraction of sp³-hybridized carbons (Fsp3) is 0.0690. The molecule has 1 spiro atoms. The van der Waals surface area contributed by atoms with Crippen LogP contribution in [0.4, 0.5) is 17.1 Å². The van der Waals surface area contributed by atoms with Crippen molar-refractivity contribution < 1.29 is 0 Å². The molecular formula is C58H39NS. The highest BCUT2D eigenvalue weighted by molar-refractivity contribution is 7.26. The molecule has 1 heterocycles. The third kappa shape index (κ3) is 4.36. The molecule has 1 nitrogen and oxygen atoms in total. The van der Waals surface area contributed by atoms with E-state index in [9.17, 15) is 0 Å². The predicted molar refractivity (Wildman–Crippen MR) is 253 cm³/mol. The molecule has 0 N–H and O–H groups in total. The average molecular weight is 782 g/mol. The van der Waals surface area contributed by atoms with Gasteiger partial charge < -0.3 is 4.90 Å². The van der Waals surface area contributed by atoms with Gasteiger partial charge in [-0.15, -0.1) is 11.3 Å². The van der Waals surface area contributed by atoms with Gasteiger partial charge in [0, 0.05) is 32.3 Å². The van der Waals surface area contributed by atoms with Crippen molar-refractivity contribution in [1.82, 2.24) is 0 Å². The van der Waals surface area contributed by atoms with Crippen molar-refractivity contribution in [3.05, 3.63) is 234 Å². The van der Waals surface area contributed by atoms with Crippen LogP contribution in [0.2, 0.25) is 0 Å². The Labute approximate surface area is 354 Å². The Morgan fingerprint density at radius 3 is 1.65 bits per heavy atom. The summed E-state index contributed by atoms with van der Waals surface area (Å²) in [5.41, 5.74) is 21.8. The topological polar surface area (TPSA) is 3.24 Å². The van der Waals surface area contributed by atoms with Gasteiger partial charge in [-0.2, -0.15) is 0 Å². The normalized spacial score (nSPS) is 14.4. The number of fused-ring (bicyclic) bond motifs is 17. The third-order valence-corrected chi connectivity index (χ3v) is 15.1. The minimum Gasteiger partial charge on any atom is -0.309 e. The van der Waals surface area contributed by atoms with Crippen LogP contribution in [0, 0.1) is 0 Å². The first kappa shape index (κ1) is 33.9. The standard InChI is InChI=1S/C58H39NS/c1-57(2)46-22-10-6-17-40(46)43-32-31-39(35-51(43)57)59(38-29-27-37(28-30-38)36-15-4-3-5-16-36)52-26-14-21-45-55-53(60-56(45)52)34-33-50-54(55)44-20-9-13-25-49(44)58(50)47-23-11-7-18-41(47)42-19-8-12-24-48(42)58/h3-35H,1-2H3. The molecule has 282 valence electrons. The Morgan fingerprint density at radius 1 is 0.400 bits per heavy atom. The van der Waals surface area contributed by atoms with E-state index in [4.69, 9.17) is 0 Å². The van der Waals surface area contributed by atoms with Crippen LogP contribution in [-0.2, 0) is 10.8 Å². The van der Waals surface area contributed by atoms with Crippen LogP contribution in [0.3, 0.4) is 0 Å². The summed E-state index contributed by atoms with van der Waals surface area (Å²) in [6.45, 7) is 4.75. The van der Waals surface area contributed by atoms with Crippen LogP contribution in [-0.4, -0.2) is 0 Å². The fourth-order valence-corrected chi connectivity index (χ4v) is 12.5. The highest BCUT2D eigenvalue weighted by Gasteiger charge is 2.52. The molecule has 3 aliphatic carbocycles. The van der Waals surface area contributed by atoms with E-state index in [2.05, 4.69) is 219 Å². The van der Waals surface area contributed by atoms with Crippen molar-refractivity contribution in [2.45, 2.75) is 24.7 Å². The molecule has 0 amide bonds. The zero-order chi connectivity index (χ0) is 39.7. The zero-order valence-corrected chi connectivity index (χ0v) is 34.2. The molecule has 0 saturated heterocycles. The van der Waals surface area contributed by atoms with E-state index in [1.807, 2.05) is 11.3 Å². The van der Waals surface area contributed by atoms with Gasteiger partial charge in [0.25, 0.3) is 0 Å². The number of rotatable bonds is 4. The van der Waals surface area contributed by atoms with Crippen LogP contribution in [0.5, 0.6) is 0 Å². The first-order valence-electron chi connectivity index (χ1n) is 21.0. The molecule has 13 rings (SSSR count). The van der Waals surface area contributed by atoms with Crippen LogP contribution >= 0.6 is 11.3 Å². The summed E-state index contributed by atoms with van der Waals surface area (Å²) in [6, 6.07) is 75.1. The second kappa shape index (κ2) is 12.3. The molecular weight excluding hydrogens is 743 g/mol. The second-order valence-electron chi connectivity index (χ2n) is 17.2. The molecule has 0 aliphatic heterocycles. The van der Waals surface area contributed by atoms with Crippen molar-refractivity contribution in [3.63, 3.8) is 0 Å². The summed E-state index contributed by atoms with van der Waals surface area (Å²) in [5, 5.41) is 2.65. The Kier molecular flexibility index (Phi) is 6.94. The highest BCUT2D eigenvalue weighted by atomic mass is 32.1. The molecule has 0 radical (unpaired) electrons. The summed E-state index contributed by atoms with van der Waals surface area (Å²) >= 11 is 1.92. The Bertz CT molecular complexity index is 3360. The SMILES string of the molecule is CC1(C)c2ccccc2-c2ccc(N(c3ccc(-c4ccccc4)cc3)c3cccc4c3sc3ccc5c(c34)-c3ccccc3C53c4ccccc4-c4ccccc43)cc21. The maximum Gasteiger partial charge on any atom is 0.0725 e. The second-order valence-corrected chi connectivity index (χ2v) is 18.2. The van der Waals surface area contributed by atoms with Gasteiger partial charge in [-0.3, -0.25) is 0 Å². The monoisotopic (exact) mass is 781 g/mol. The summed E-state index contributed by atoms with van der Waals surface area (Å²) in [4.78, 5) is 2.50. The number of thiophene rings is 1.